The zero-order valence-electron chi connectivity index (χ0n) is 12.1. The molecule has 3 aliphatic carbocycles. The molecule has 1 amide bonds. The minimum Gasteiger partial charge on any atom is -0.347 e. The number of Topliss-reactive ketones (excluding diaryl/α,β-unsaturated/α-hetero) is 1. The topological polar surface area (TPSA) is 46.2 Å². The Morgan fingerprint density at radius 1 is 1.21 bits per heavy atom. The van der Waals surface area contributed by atoms with E-state index in [2.05, 4.69) is 5.32 Å². The van der Waals surface area contributed by atoms with E-state index in [1.54, 1.807) is 0 Å². The van der Waals surface area contributed by atoms with Gasteiger partial charge in [0.05, 0.1) is 0 Å². The molecule has 3 aliphatic rings. The maximum absolute atomic E-state index is 11.8. The van der Waals surface area contributed by atoms with Crippen molar-refractivity contribution in [3.8, 4) is 0 Å². The zero-order chi connectivity index (χ0) is 13.7. The van der Waals surface area contributed by atoms with E-state index in [0.29, 0.717) is 10.8 Å². The highest BCUT2D eigenvalue weighted by atomic mass is 16.2. The van der Waals surface area contributed by atoms with Crippen LogP contribution in [0.1, 0.15) is 65.2 Å². The highest BCUT2D eigenvalue weighted by Crippen LogP contribution is 2.70. The summed E-state index contributed by atoms with van der Waals surface area (Å²) >= 11 is 0. The molecule has 2 spiro atoms. The van der Waals surface area contributed by atoms with Gasteiger partial charge in [-0.3, -0.25) is 9.59 Å². The van der Waals surface area contributed by atoms with Crippen molar-refractivity contribution in [2.75, 3.05) is 0 Å². The second-order valence-corrected chi connectivity index (χ2v) is 7.46. The summed E-state index contributed by atoms with van der Waals surface area (Å²) in [6, 6.07) is 0.262. The van der Waals surface area contributed by atoms with E-state index in [9.17, 15) is 9.59 Å². The molecule has 19 heavy (non-hydrogen) atoms. The predicted molar refractivity (Wildman–Crippen MR) is 73.6 cm³/mol. The SMILES string of the molecule is CCC(C)C(=O)C(=O)NC1CC2(C1)CC1(CCC1)C2. The summed E-state index contributed by atoms with van der Waals surface area (Å²) in [5.74, 6) is -0.740. The third-order valence-electron chi connectivity index (χ3n) is 5.89. The molecule has 1 N–H and O–H groups in total. The van der Waals surface area contributed by atoms with Crippen LogP contribution < -0.4 is 5.32 Å². The summed E-state index contributed by atoms with van der Waals surface area (Å²) in [5, 5.41) is 2.93. The number of carbonyl (C=O) groups excluding carboxylic acids is 2. The number of hydrogen-bond acceptors (Lipinski definition) is 2. The smallest absolute Gasteiger partial charge is 0.287 e. The first kappa shape index (κ1) is 13.1. The molecule has 0 aromatic rings. The molecule has 0 aromatic heterocycles. The Hall–Kier alpha value is -0.860. The van der Waals surface area contributed by atoms with Crippen molar-refractivity contribution < 1.29 is 9.59 Å². The van der Waals surface area contributed by atoms with Crippen LogP contribution in [0.25, 0.3) is 0 Å². The highest BCUT2D eigenvalue weighted by Gasteiger charge is 2.61. The van der Waals surface area contributed by atoms with E-state index >= 15 is 0 Å². The average molecular weight is 263 g/mol. The van der Waals surface area contributed by atoms with E-state index in [1.807, 2.05) is 13.8 Å². The Labute approximate surface area is 115 Å². The first-order valence-electron chi connectivity index (χ1n) is 7.82. The maximum atomic E-state index is 11.8. The van der Waals surface area contributed by atoms with Gasteiger partial charge in [-0.25, -0.2) is 0 Å². The van der Waals surface area contributed by atoms with Crippen LogP contribution in [0.4, 0.5) is 0 Å². The van der Waals surface area contributed by atoms with E-state index < -0.39 is 0 Å². The van der Waals surface area contributed by atoms with E-state index in [0.717, 1.165) is 19.3 Å². The quantitative estimate of drug-likeness (QED) is 0.793. The maximum Gasteiger partial charge on any atom is 0.287 e. The normalized spacial score (nSPS) is 28.1. The first-order chi connectivity index (χ1) is 8.98. The van der Waals surface area contributed by atoms with Crippen molar-refractivity contribution in [1.29, 1.82) is 0 Å². The molecule has 3 fully saturated rings. The number of nitrogens with one attached hydrogen (secondary N) is 1. The van der Waals surface area contributed by atoms with Crippen molar-refractivity contribution in [1.82, 2.24) is 5.32 Å². The van der Waals surface area contributed by atoms with E-state index in [4.69, 9.17) is 0 Å². The molecule has 0 bridgehead atoms. The van der Waals surface area contributed by atoms with Crippen molar-refractivity contribution in [2.45, 2.75) is 71.3 Å². The fourth-order valence-corrected chi connectivity index (χ4v) is 4.61. The van der Waals surface area contributed by atoms with Crippen LogP contribution in [-0.4, -0.2) is 17.7 Å². The third-order valence-corrected chi connectivity index (χ3v) is 5.89. The Bertz CT molecular complexity index is 395. The Morgan fingerprint density at radius 2 is 1.84 bits per heavy atom. The van der Waals surface area contributed by atoms with Gasteiger partial charge in [0.1, 0.15) is 0 Å². The van der Waals surface area contributed by atoms with E-state index in [1.165, 1.54) is 32.1 Å². The van der Waals surface area contributed by atoms with Gasteiger partial charge in [0, 0.05) is 12.0 Å². The molecule has 0 aromatic carbocycles. The monoisotopic (exact) mass is 263 g/mol. The van der Waals surface area contributed by atoms with Gasteiger partial charge in [-0.1, -0.05) is 20.3 Å². The molecule has 1 unspecified atom stereocenters. The van der Waals surface area contributed by atoms with Crippen molar-refractivity contribution >= 4 is 11.7 Å². The summed E-state index contributed by atoms with van der Waals surface area (Å²) in [4.78, 5) is 23.5. The van der Waals surface area contributed by atoms with Crippen LogP contribution >= 0.6 is 0 Å². The molecule has 0 aliphatic heterocycles. The van der Waals surface area contributed by atoms with Crippen LogP contribution in [0.15, 0.2) is 0 Å². The minimum atomic E-state index is -0.355. The van der Waals surface area contributed by atoms with Crippen LogP contribution in [0.2, 0.25) is 0 Å². The zero-order valence-corrected chi connectivity index (χ0v) is 12.1. The largest absolute Gasteiger partial charge is 0.347 e. The molecule has 106 valence electrons. The molecule has 0 saturated heterocycles. The van der Waals surface area contributed by atoms with Crippen LogP contribution in [0, 0.1) is 16.7 Å². The third kappa shape index (κ3) is 2.11. The average Bonchev–Trinajstić information content (AvgIpc) is 2.25. The summed E-state index contributed by atoms with van der Waals surface area (Å²) in [7, 11) is 0. The molecular formula is C16H25NO2. The first-order valence-corrected chi connectivity index (χ1v) is 7.82. The Kier molecular flexibility index (Phi) is 2.99. The lowest BCUT2D eigenvalue weighted by Crippen LogP contribution is -2.62. The lowest BCUT2D eigenvalue weighted by atomic mass is 9.39. The second-order valence-electron chi connectivity index (χ2n) is 7.46. The van der Waals surface area contributed by atoms with Gasteiger partial charge in [0.2, 0.25) is 5.78 Å². The van der Waals surface area contributed by atoms with Gasteiger partial charge in [-0.05, 0) is 55.8 Å². The Morgan fingerprint density at radius 3 is 2.32 bits per heavy atom. The molecule has 3 nitrogen and oxygen atoms in total. The number of hydrogen-bond donors (Lipinski definition) is 1. The molecule has 3 heteroatoms. The lowest BCUT2D eigenvalue weighted by molar-refractivity contribution is -0.157. The number of amides is 1. The summed E-state index contributed by atoms with van der Waals surface area (Å²) < 4.78 is 0. The van der Waals surface area contributed by atoms with Gasteiger partial charge >= 0.3 is 0 Å². The highest BCUT2D eigenvalue weighted by molar-refractivity contribution is 6.36. The van der Waals surface area contributed by atoms with Gasteiger partial charge in [-0.15, -0.1) is 0 Å². The summed E-state index contributed by atoms with van der Waals surface area (Å²) in [6.07, 6.45) is 9.99. The fourth-order valence-electron chi connectivity index (χ4n) is 4.61. The molecular weight excluding hydrogens is 238 g/mol. The van der Waals surface area contributed by atoms with Crippen molar-refractivity contribution in [3.05, 3.63) is 0 Å². The molecule has 3 saturated carbocycles. The lowest BCUT2D eigenvalue weighted by Gasteiger charge is -2.67. The second kappa shape index (κ2) is 4.32. The number of carbonyl (C=O) groups is 2. The van der Waals surface area contributed by atoms with Crippen molar-refractivity contribution in [2.24, 2.45) is 16.7 Å². The molecule has 0 radical (unpaired) electrons. The van der Waals surface area contributed by atoms with Gasteiger partial charge in [-0.2, -0.15) is 0 Å². The predicted octanol–water partition coefficient (Wildman–Crippen LogP) is 2.83. The van der Waals surface area contributed by atoms with Gasteiger partial charge in [0.15, 0.2) is 0 Å². The fraction of sp³-hybridized carbons (Fsp3) is 0.875. The number of rotatable bonds is 4. The summed E-state index contributed by atoms with van der Waals surface area (Å²) in [5.41, 5.74) is 1.25. The van der Waals surface area contributed by atoms with Crippen LogP contribution in [0.3, 0.4) is 0 Å². The molecule has 1 atom stereocenters. The standard InChI is InChI=1S/C16H25NO2/c1-3-11(2)13(18)14(19)17-12-7-16(8-12)9-15(10-16)5-4-6-15/h11-12H,3-10H2,1-2H3,(H,17,19). The van der Waals surface area contributed by atoms with E-state index in [-0.39, 0.29) is 23.7 Å². The molecule has 0 heterocycles. The van der Waals surface area contributed by atoms with Gasteiger partial charge in [0.25, 0.3) is 5.91 Å². The van der Waals surface area contributed by atoms with Crippen LogP contribution in [-0.2, 0) is 9.59 Å². The van der Waals surface area contributed by atoms with Gasteiger partial charge < -0.3 is 5.32 Å². The van der Waals surface area contributed by atoms with Crippen LogP contribution in [0.5, 0.6) is 0 Å². The molecule has 3 rings (SSSR count). The number of ketones is 1. The summed E-state index contributed by atoms with van der Waals surface area (Å²) in [6.45, 7) is 3.77. The minimum absolute atomic E-state index is 0.143. The Balaban J connectivity index is 1.42. The van der Waals surface area contributed by atoms with Crippen molar-refractivity contribution in [3.63, 3.8) is 0 Å².